The zero-order valence-electron chi connectivity index (χ0n) is 16.3. The van der Waals surface area contributed by atoms with Gasteiger partial charge in [0, 0.05) is 11.6 Å². The minimum Gasteiger partial charge on any atom is -0.497 e. The van der Waals surface area contributed by atoms with Gasteiger partial charge in [0.15, 0.2) is 4.80 Å². The van der Waals surface area contributed by atoms with Gasteiger partial charge in [-0.05, 0) is 51.1 Å². The summed E-state index contributed by atoms with van der Waals surface area (Å²) in [6.45, 7) is 5.64. The van der Waals surface area contributed by atoms with Crippen LogP contribution < -0.4 is 14.9 Å². The van der Waals surface area contributed by atoms with Crippen molar-refractivity contribution in [2.24, 2.45) is 4.99 Å². The molecule has 7 heteroatoms. The molecule has 0 aliphatic carbocycles. The lowest BCUT2D eigenvalue weighted by molar-refractivity contribution is -0.124. The average Bonchev–Trinajstić information content (AvgIpc) is 3.04. The Morgan fingerprint density at radius 2 is 1.86 bits per heavy atom. The van der Waals surface area contributed by atoms with Crippen molar-refractivity contribution in [3.8, 4) is 5.75 Å². The number of nitrogens with zero attached hydrogens (tertiary/aromatic N) is 2. The Morgan fingerprint density at radius 3 is 2.57 bits per heavy atom. The number of aromatic nitrogens is 1. The van der Waals surface area contributed by atoms with Gasteiger partial charge in [0.2, 0.25) is 5.91 Å². The monoisotopic (exact) mass is 397 g/mol. The second-order valence-electron chi connectivity index (χ2n) is 6.71. The fourth-order valence-corrected chi connectivity index (χ4v) is 3.97. The highest BCUT2D eigenvalue weighted by Gasteiger charge is 2.20. The van der Waals surface area contributed by atoms with Gasteiger partial charge in [-0.2, -0.15) is 4.99 Å². The number of methoxy groups -OCH3 is 1. The van der Waals surface area contributed by atoms with Crippen LogP contribution in [0, 0.1) is 0 Å². The van der Waals surface area contributed by atoms with E-state index >= 15 is 0 Å². The summed E-state index contributed by atoms with van der Waals surface area (Å²) < 4.78 is 7.96. The summed E-state index contributed by atoms with van der Waals surface area (Å²) in [6, 6.07) is 14.1. The number of hydrogen-bond acceptors (Lipinski definition) is 4. The van der Waals surface area contributed by atoms with Crippen LogP contribution in [0.4, 0.5) is 0 Å². The first kappa shape index (κ1) is 19.8. The van der Waals surface area contributed by atoms with Gasteiger partial charge >= 0.3 is 0 Å². The largest absolute Gasteiger partial charge is 0.497 e. The van der Waals surface area contributed by atoms with Crippen molar-refractivity contribution < 1.29 is 14.3 Å². The van der Waals surface area contributed by atoms with Crippen LogP contribution in [0.2, 0.25) is 0 Å². The van der Waals surface area contributed by atoms with Crippen molar-refractivity contribution in [2.75, 3.05) is 7.11 Å². The molecule has 0 aliphatic rings. The van der Waals surface area contributed by atoms with Crippen molar-refractivity contribution in [3.05, 3.63) is 58.9 Å². The van der Waals surface area contributed by atoms with E-state index in [9.17, 15) is 9.59 Å². The highest BCUT2D eigenvalue weighted by atomic mass is 32.1. The summed E-state index contributed by atoms with van der Waals surface area (Å²) in [5.41, 5.74) is 1.30. The minimum atomic E-state index is -0.504. The van der Waals surface area contributed by atoms with Gasteiger partial charge in [-0.3, -0.25) is 9.59 Å². The first-order valence-corrected chi connectivity index (χ1v) is 9.86. The Balaban J connectivity index is 2.11. The van der Waals surface area contributed by atoms with E-state index in [2.05, 4.69) is 10.3 Å². The predicted octanol–water partition coefficient (Wildman–Crippen LogP) is 3.54. The SMILES string of the molecule is COc1cccc(C(=O)N=c2sc3ccccc3n2[C@@H](C)C(=O)NC(C)C)c1. The summed E-state index contributed by atoms with van der Waals surface area (Å²) in [5.74, 6) is 0.0967. The van der Waals surface area contributed by atoms with E-state index in [1.807, 2.05) is 49.6 Å². The van der Waals surface area contributed by atoms with Gasteiger partial charge in [-0.1, -0.05) is 29.5 Å². The summed E-state index contributed by atoms with van der Waals surface area (Å²) in [6.07, 6.45) is 0. The molecule has 1 aromatic heterocycles. The Morgan fingerprint density at radius 1 is 1.11 bits per heavy atom. The van der Waals surface area contributed by atoms with Crippen LogP contribution in [0.3, 0.4) is 0 Å². The van der Waals surface area contributed by atoms with E-state index in [4.69, 9.17) is 4.74 Å². The van der Waals surface area contributed by atoms with Gasteiger partial charge in [0.05, 0.1) is 17.3 Å². The van der Waals surface area contributed by atoms with Gasteiger partial charge < -0.3 is 14.6 Å². The summed E-state index contributed by atoms with van der Waals surface area (Å²) in [4.78, 5) is 30.2. The van der Waals surface area contributed by atoms with Crippen molar-refractivity contribution in [3.63, 3.8) is 0 Å². The molecule has 0 bridgehead atoms. The Hall–Kier alpha value is -2.93. The molecule has 1 N–H and O–H groups in total. The maximum absolute atomic E-state index is 12.8. The third kappa shape index (κ3) is 4.14. The summed E-state index contributed by atoms with van der Waals surface area (Å²) in [5, 5.41) is 2.92. The second-order valence-corrected chi connectivity index (χ2v) is 7.72. The fraction of sp³-hybridized carbons (Fsp3) is 0.286. The third-order valence-corrected chi connectivity index (χ3v) is 5.28. The molecule has 28 heavy (non-hydrogen) atoms. The van der Waals surface area contributed by atoms with E-state index < -0.39 is 6.04 Å². The molecule has 0 aliphatic heterocycles. The van der Waals surface area contributed by atoms with Crippen LogP contribution in [-0.2, 0) is 4.79 Å². The fourth-order valence-electron chi connectivity index (χ4n) is 2.87. The molecular weight excluding hydrogens is 374 g/mol. The van der Waals surface area contributed by atoms with Gasteiger partial charge in [0.1, 0.15) is 11.8 Å². The van der Waals surface area contributed by atoms with Gasteiger partial charge in [0.25, 0.3) is 5.91 Å². The maximum Gasteiger partial charge on any atom is 0.279 e. The Kier molecular flexibility index (Phi) is 5.94. The average molecular weight is 398 g/mol. The van der Waals surface area contributed by atoms with Gasteiger partial charge in [-0.25, -0.2) is 0 Å². The molecule has 2 aromatic carbocycles. The molecular formula is C21H23N3O3S. The number of para-hydroxylation sites is 1. The van der Waals surface area contributed by atoms with Crippen molar-refractivity contribution in [2.45, 2.75) is 32.9 Å². The first-order chi connectivity index (χ1) is 13.4. The van der Waals surface area contributed by atoms with E-state index in [1.165, 1.54) is 11.3 Å². The number of thiazole rings is 1. The van der Waals surface area contributed by atoms with Crippen LogP contribution in [0.25, 0.3) is 10.2 Å². The summed E-state index contributed by atoms with van der Waals surface area (Å²) in [7, 11) is 1.55. The van der Waals surface area contributed by atoms with Crippen molar-refractivity contribution >= 4 is 33.4 Å². The lowest BCUT2D eigenvalue weighted by Crippen LogP contribution is -2.38. The molecule has 3 aromatic rings. The predicted molar refractivity (Wildman–Crippen MR) is 111 cm³/mol. The zero-order valence-corrected chi connectivity index (χ0v) is 17.1. The molecule has 6 nitrogen and oxygen atoms in total. The third-order valence-electron chi connectivity index (χ3n) is 4.24. The molecule has 2 amide bonds. The first-order valence-electron chi connectivity index (χ1n) is 9.04. The van der Waals surface area contributed by atoms with Crippen molar-refractivity contribution in [1.82, 2.24) is 9.88 Å². The Bertz CT molecular complexity index is 1080. The van der Waals surface area contributed by atoms with E-state index in [0.717, 1.165) is 10.2 Å². The number of benzene rings is 2. The lowest BCUT2D eigenvalue weighted by Gasteiger charge is -2.17. The van der Waals surface area contributed by atoms with Gasteiger partial charge in [-0.15, -0.1) is 0 Å². The summed E-state index contributed by atoms with van der Waals surface area (Å²) >= 11 is 1.39. The molecule has 0 fully saturated rings. The molecule has 0 spiro atoms. The lowest BCUT2D eigenvalue weighted by atomic mass is 10.2. The highest BCUT2D eigenvalue weighted by molar-refractivity contribution is 7.16. The molecule has 3 rings (SSSR count). The number of ether oxygens (including phenoxy) is 1. The quantitative estimate of drug-likeness (QED) is 0.716. The van der Waals surface area contributed by atoms with Crippen LogP contribution >= 0.6 is 11.3 Å². The topological polar surface area (TPSA) is 72.7 Å². The zero-order chi connectivity index (χ0) is 20.3. The van der Waals surface area contributed by atoms with Crippen LogP contribution in [-0.4, -0.2) is 29.5 Å². The normalized spacial score (nSPS) is 13.0. The molecule has 1 atom stereocenters. The number of nitrogens with one attached hydrogen (secondary N) is 1. The van der Waals surface area contributed by atoms with E-state index in [0.29, 0.717) is 16.1 Å². The second kappa shape index (κ2) is 8.39. The molecule has 0 saturated heterocycles. The molecule has 146 valence electrons. The number of carbonyl (C=O) groups excluding carboxylic acids is 2. The highest BCUT2D eigenvalue weighted by Crippen LogP contribution is 2.21. The number of carbonyl (C=O) groups is 2. The van der Waals surface area contributed by atoms with Crippen LogP contribution in [0.1, 0.15) is 37.2 Å². The number of amides is 2. The van der Waals surface area contributed by atoms with Crippen LogP contribution in [0.15, 0.2) is 53.5 Å². The van der Waals surface area contributed by atoms with Crippen molar-refractivity contribution in [1.29, 1.82) is 0 Å². The van der Waals surface area contributed by atoms with E-state index in [1.54, 1.807) is 31.4 Å². The minimum absolute atomic E-state index is 0.0271. The number of hydrogen-bond donors (Lipinski definition) is 1. The standard InChI is InChI=1S/C21H23N3O3S/c1-13(2)22-19(25)14(3)24-17-10-5-6-11-18(17)28-21(24)23-20(26)15-8-7-9-16(12-15)27-4/h5-14H,1-4H3,(H,22,25)/t14-/m0/s1. The van der Waals surface area contributed by atoms with Crippen LogP contribution in [0.5, 0.6) is 5.75 Å². The molecule has 0 radical (unpaired) electrons. The number of fused-ring (bicyclic) bond motifs is 1. The number of rotatable bonds is 5. The molecule has 1 heterocycles. The Labute approximate surface area is 167 Å². The maximum atomic E-state index is 12.8. The molecule has 0 saturated carbocycles. The molecule has 0 unspecified atom stereocenters. The van der Waals surface area contributed by atoms with E-state index in [-0.39, 0.29) is 17.9 Å². The smallest absolute Gasteiger partial charge is 0.279 e.